The fraction of sp³-hybridized carbons (Fsp3) is 0.200. The molecule has 1 rings (SSSR count). The summed E-state index contributed by atoms with van der Waals surface area (Å²) in [5, 5.41) is 23.0. The van der Waals surface area contributed by atoms with E-state index in [-0.39, 0.29) is 18.7 Å². The maximum absolute atomic E-state index is 13.4. The van der Waals surface area contributed by atoms with Crippen molar-refractivity contribution in [2.75, 3.05) is 11.9 Å². The minimum atomic E-state index is -1.08. The van der Waals surface area contributed by atoms with Crippen molar-refractivity contribution in [3.8, 4) is 0 Å². The predicted molar refractivity (Wildman–Crippen MR) is 62.3 cm³/mol. The Kier molecular flexibility index (Phi) is 4.75. The number of rotatable bonds is 5. The van der Waals surface area contributed by atoms with Gasteiger partial charge in [-0.3, -0.25) is 14.9 Å². The van der Waals surface area contributed by atoms with Crippen molar-refractivity contribution in [2.45, 2.75) is 6.42 Å². The van der Waals surface area contributed by atoms with E-state index in [9.17, 15) is 24.1 Å². The molecule has 0 bridgehead atoms. The number of aliphatic carboxylic acids is 1. The Morgan fingerprint density at radius 2 is 2.11 bits per heavy atom. The van der Waals surface area contributed by atoms with E-state index in [0.717, 1.165) is 12.1 Å². The van der Waals surface area contributed by atoms with Gasteiger partial charge in [-0.15, -0.1) is 0 Å². The Morgan fingerprint density at radius 1 is 1.42 bits per heavy atom. The lowest BCUT2D eigenvalue weighted by atomic mass is 10.2. The van der Waals surface area contributed by atoms with Gasteiger partial charge in [-0.1, -0.05) is 0 Å². The van der Waals surface area contributed by atoms with Crippen molar-refractivity contribution in [3.63, 3.8) is 0 Å². The summed E-state index contributed by atoms with van der Waals surface area (Å²) in [5.74, 6) is -2.04. The number of urea groups is 1. The van der Waals surface area contributed by atoms with E-state index in [1.165, 1.54) is 0 Å². The molecular formula is C10H10FN3O5. The molecule has 0 aliphatic carbocycles. The Balaban J connectivity index is 2.59. The van der Waals surface area contributed by atoms with Gasteiger partial charge in [0.05, 0.1) is 23.1 Å². The van der Waals surface area contributed by atoms with Gasteiger partial charge in [0.25, 0.3) is 5.69 Å². The average Bonchev–Trinajstić information content (AvgIpc) is 2.31. The lowest BCUT2D eigenvalue weighted by molar-refractivity contribution is -0.385. The van der Waals surface area contributed by atoms with Crippen LogP contribution in [0.5, 0.6) is 0 Å². The molecule has 1 aromatic carbocycles. The second kappa shape index (κ2) is 6.28. The molecule has 0 heterocycles. The van der Waals surface area contributed by atoms with Crippen molar-refractivity contribution in [1.29, 1.82) is 0 Å². The minimum absolute atomic E-state index is 0.115. The van der Waals surface area contributed by atoms with Crippen LogP contribution in [0.4, 0.5) is 20.6 Å². The number of nitro benzene ring substituents is 1. The average molecular weight is 271 g/mol. The van der Waals surface area contributed by atoms with E-state index >= 15 is 0 Å². The number of nitro groups is 1. The maximum atomic E-state index is 13.4. The predicted octanol–water partition coefficient (Wildman–Crippen LogP) is 1.33. The quantitative estimate of drug-likeness (QED) is 0.551. The molecule has 0 unspecified atom stereocenters. The molecule has 2 amide bonds. The highest BCUT2D eigenvalue weighted by molar-refractivity contribution is 5.89. The summed E-state index contributed by atoms with van der Waals surface area (Å²) in [4.78, 5) is 31.1. The number of non-ortho nitro benzene ring substituents is 1. The molecule has 9 heteroatoms. The second-order valence-electron chi connectivity index (χ2n) is 3.45. The Labute approximate surface area is 106 Å². The zero-order valence-electron chi connectivity index (χ0n) is 9.55. The summed E-state index contributed by atoms with van der Waals surface area (Å²) in [7, 11) is 0. The first-order valence-corrected chi connectivity index (χ1v) is 5.10. The van der Waals surface area contributed by atoms with Crippen LogP contribution in [-0.2, 0) is 4.79 Å². The molecule has 19 heavy (non-hydrogen) atoms. The smallest absolute Gasteiger partial charge is 0.319 e. The molecule has 0 aromatic heterocycles. The van der Waals surface area contributed by atoms with Crippen LogP contribution in [0.25, 0.3) is 0 Å². The van der Waals surface area contributed by atoms with Crippen molar-refractivity contribution in [3.05, 3.63) is 34.1 Å². The highest BCUT2D eigenvalue weighted by Crippen LogP contribution is 2.20. The van der Waals surface area contributed by atoms with E-state index in [2.05, 4.69) is 10.6 Å². The van der Waals surface area contributed by atoms with Gasteiger partial charge < -0.3 is 15.7 Å². The van der Waals surface area contributed by atoms with Crippen LogP contribution >= 0.6 is 0 Å². The third-order valence-corrected chi connectivity index (χ3v) is 2.04. The summed E-state index contributed by atoms with van der Waals surface area (Å²) in [6.07, 6.45) is -0.268. The normalized spacial score (nSPS) is 9.74. The Hall–Kier alpha value is -2.71. The first-order chi connectivity index (χ1) is 8.90. The number of hydrogen-bond donors (Lipinski definition) is 3. The van der Waals surface area contributed by atoms with E-state index in [0.29, 0.717) is 6.07 Å². The third-order valence-electron chi connectivity index (χ3n) is 2.04. The number of nitrogens with zero attached hydrogens (tertiary/aromatic N) is 1. The van der Waals surface area contributed by atoms with Crippen LogP contribution in [0.1, 0.15) is 6.42 Å². The molecular weight excluding hydrogens is 261 g/mol. The van der Waals surface area contributed by atoms with Gasteiger partial charge in [0.15, 0.2) is 5.82 Å². The summed E-state index contributed by atoms with van der Waals surface area (Å²) in [6, 6.07) is 1.96. The summed E-state index contributed by atoms with van der Waals surface area (Å²) in [6.45, 7) is -0.115. The third kappa shape index (κ3) is 4.58. The lowest BCUT2D eigenvalue weighted by Gasteiger charge is -2.07. The van der Waals surface area contributed by atoms with E-state index < -0.39 is 28.4 Å². The first kappa shape index (κ1) is 14.4. The molecule has 0 fully saturated rings. The van der Waals surface area contributed by atoms with Crippen LogP contribution in [0.15, 0.2) is 18.2 Å². The molecule has 0 radical (unpaired) electrons. The fourth-order valence-corrected chi connectivity index (χ4v) is 1.17. The number of hydrogen-bond acceptors (Lipinski definition) is 4. The SMILES string of the molecule is O=C(O)CCNC(=O)Nc1ccc([N+](=O)[O-])cc1F. The maximum Gasteiger partial charge on any atom is 0.319 e. The molecule has 0 saturated heterocycles. The lowest BCUT2D eigenvalue weighted by Crippen LogP contribution is -2.30. The number of benzene rings is 1. The molecule has 102 valence electrons. The first-order valence-electron chi connectivity index (χ1n) is 5.10. The van der Waals surface area contributed by atoms with Crippen molar-refractivity contribution < 1.29 is 24.0 Å². The number of carbonyl (C=O) groups excluding carboxylic acids is 1. The molecule has 0 aliphatic heterocycles. The van der Waals surface area contributed by atoms with Crippen LogP contribution in [0.2, 0.25) is 0 Å². The molecule has 0 spiro atoms. The van der Waals surface area contributed by atoms with Crippen LogP contribution in [0.3, 0.4) is 0 Å². The largest absolute Gasteiger partial charge is 0.481 e. The summed E-state index contributed by atoms with van der Waals surface area (Å²) >= 11 is 0. The highest BCUT2D eigenvalue weighted by Gasteiger charge is 2.12. The van der Waals surface area contributed by atoms with Crippen molar-refractivity contribution in [1.82, 2.24) is 5.32 Å². The van der Waals surface area contributed by atoms with Gasteiger partial charge in [0.2, 0.25) is 0 Å². The Morgan fingerprint density at radius 3 is 2.63 bits per heavy atom. The second-order valence-corrected chi connectivity index (χ2v) is 3.45. The van der Waals surface area contributed by atoms with Crippen LogP contribution in [0, 0.1) is 15.9 Å². The van der Waals surface area contributed by atoms with Gasteiger partial charge in [-0.2, -0.15) is 0 Å². The van der Waals surface area contributed by atoms with Crippen molar-refractivity contribution in [2.24, 2.45) is 0 Å². The topological polar surface area (TPSA) is 122 Å². The summed E-state index contributed by atoms with van der Waals surface area (Å²) < 4.78 is 13.4. The molecule has 3 N–H and O–H groups in total. The molecule has 0 aliphatic rings. The van der Waals surface area contributed by atoms with Crippen molar-refractivity contribution >= 4 is 23.4 Å². The standard InChI is InChI=1S/C10H10FN3O5/c11-7-5-6(14(18)19)1-2-8(7)13-10(17)12-4-3-9(15)16/h1-2,5H,3-4H2,(H,15,16)(H2,12,13,17). The number of anilines is 1. The van der Waals surface area contributed by atoms with Gasteiger partial charge >= 0.3 is 12.0 Å². The van der Waals surface area contributed by atoms with E-state index in [4.69, 9.17) is 5.11 Å². The molecule has 8 nitrogen and oxygen atoms in total. The van der Waals surface area contributed by atoms with Gasteiger partial charge in [0, 0.05) is 12.6 Å². The molecule has 1 aromatic rings. The minimum Gasteiger partial charge on any atom is -0.481 e. The van der Waals surface area contributed by atoms with E-state index in [1.54, 1.807) is 0 Å². The molecule has 0 atom stereocenters. The monoisotopic (exact) mass is 271 g/mol. The number of carbonyl (C=O) groups is 2. The highest BCUT2D eigenvalue weighted by atomic mass is 19.1. The van der Waals surface area contributed by atoms with Crippen LogP contribution in [-0.4, -0.2) is 28.6 Å². The number of nitrogens with one attached hydrogen (secondary N) is 2. The van der Waals surface area contributed by atoms with E-state index in [1.807, 2.05) is 0 Å². The molecule has 0 saturated carbocycles. The summed E-state index contributed by atoms with van der Waals surface area (Å²) in [5.41, 5.74) is -0.673. The Bertz CT molecular complexity index is 520. The fourth-order valence-electron chi connectivity index (χ4n) is 1.17. The van der Waals surface area contributed by atoms with Crippen LogP contribution < -0.4 is 10.6 Å². The van der Waals surface area contributed by atoms with Gasteiger partial charge in [-0.05, 0) is 6.07 Å². The number of carboxylic acids is 1. The number of carboxylic acid groups (broad SMARTS) is 1. The van der Waals surface area contributed by atoms with Gasteiger partial charge in [-0.25, -0.2) is 9.18 Å². The zero-order valence-corrected chi connectivity index (χ0v) is 9.55. The number of halogens is 1. The zero-order chi connectivity index (χ0) is 14.4. The number of amides is 2. The van der Waals surface area contributed by atoms with Gasteiger partial charge in [0.1, 0.15) is 0 Å².